The van der Waals surface area contributed by atoms with Gasteiger partial charge in [-0.15, -0.1) is 10.2 Å². The number of benzene rings is 1. The molecule has 2 N–H and O–H groups in total. The number of piperazine rings is 1. The van der Waals surface area contributed by atoms with E-state index in [2.05, 4.69) is 40.7 Å². The molecule has 33 heavy (non-hydrogen) atoms. The number of tetrazole rings is 1. The Morgan fingerprint density at radius 1 is 0.970 bits per heavy atom. The van der Waals surface area contributed by atoms with Crippen molar-refractivity contribution >= 4 is 5.82 Å². The summed E-state index contributed by atoms with van der Waals surface area (Å²) in [7, 11) is 0. The van der Waals surface area contributed by atoms with Crippen LogP contribution in [-0.2, 0) is 6.18 Å². The molecular weight excluding hydrogens is 435 g/mol. The van der Waals surface area contributed by atoms with Crippen molar-refractivity contribution in [3.63, 3.8) is 0 Å². The van der Waals surface area contributed by atoms with Gasteiger partial charge in [-0.05, 0) is 22.9 Å². The van der Waals surface area contributed by atoms with E-state index >= 15 is 0 Å². The molecule has 1 aliphatic rings. The molecule has 0 saturated carbocycles. The van der Waals surface area contributed by atoms with Crippen molar-refractivity contribution < 1.29 is 13.2 Å². The number of anilines is 1. The molecular formula is C21H20F3N9. The molecule has 3 aromatic heterocycles. The molecule has 0 aliphatic carbocycles. The van der Waals surface area contributed by atoms with Gasteiger partial charge in [0.1, 0.15) is 5.82 Å². The molecule has 12 heteroatoms. The molecule has 1 atom stereocenters. The van der Waals surface area contributed by atoms with Crippen molar-refractivity contribution in [3.05, 3.63) is 71.7 Å². The zero-order chi connectivity index (χ0) is 22.8. The van der Waals surface area contributed by atoms with Crippen LogP contribution in [0.2, 0.25) is 0 Å². The molecule has 1 aliphatic heterocycles. The van der Waals surface area contributed by atoms with Crippen molar-refractivity contribution in [2.75, 3.05) is 31.1 Å². The Hall–Kier alpha value is -3.80. The first-order chi connectivity index (χ1) is 16.0. The number of nitrogens with zero attached hydrogens (tertiary/aromatic N) is 7. The summed E-state index contributed by atoms with van der Waals surface area (Å²) in [6.45, 7) is 2.60. The fraction of sp³-hybridized carbons (Fsp3) is 0.286. The van der Waals surface area contributed by atoms with Crippen molar-refractivity contribution in [1.29, 1.82) is 0 Å². The second-order valence-electron chi connectivity index (χ2n) is 7.68. The molecule has 9 nitrogen and oxygen atoms in total. The second-order valence-corrected chi connectivity index (χ2v) is 7.68. The Bertz CT molecular complexity index is 1170. The Labute approximate surface area is 186 Å². The van der Waals surface area contributed by atoms with Crippen LogP contribution in [-0.4, -0.2) is 66.9 Å². The highest BCUT2D eigenvalue weighted by atomic mass is 19.4. The smallest absolute Gasteiger partial charge is 0.354 e. The SMILES string of the molecule is FC(F)(F)c1ccc(N2CCN(C(c3cn[nH]c3)c3ccccc3-c3nn[nH]n3)CC2)nc1. The lowest BCUT2D eigenvalue weighted by atomic mass is 9.94. The lowest BCUT2D eigenvalue weighted by Crippen LogP contribution is -2.48. The summed E-state index contributed by atoms with van der Waals surface area (Å²) in [5, 5.41) is 21.5. The maximum absolute atomic E-state index is 12.8. The second kappa shape index (κ2) is 8.62. The van der Waals surface area contributed by atoms with Gasteiger partial charge in [0, 0.05) is 49.7 Å². The average Bonchev–Trinajstić information content (AvgIpc) is 3.55. The number of hydrogen-bond acceptors (Lipinski definition) is 7. The quantitative estimate of drug-likeness (QED) is 0.477. The summed E-state index contributed by atoms with van der Waals surface area (Å²) in [5.41, 5.74) is 2.13. The van der Waals surface area contributed by atoms with Crippen LogP contribution in [0.5, 0.6) is 0 Å². The molecule has 0 spiro atoms. The van der Waals surface area contributed by atoms with E-state index in [-0.39, 0.29) is 6.04 Å². The number of alkyl halides is 3. The first kappa shape index (κ1) is 21.1. The number of halogens is 3. The summed E-state index contributed by atoms with van der Waals surface area (Å²) >= 11 is 0. The van der Waals surface area contributed by atoms with Crippen LogP contribution in [0.3, 0.4) is 0 Å². The molecule has 0 radical (unpaired) electrons. The number of hydrogen-bond donors (Lipinski definition) is 2. The molecule has 170 valence electrons. The third-order valence-electron chi connectivity index (χ3n) is 5.76. The van der Waals surface area contributed by atoms with Gasteiger partial charge in [-0.2, -0.15) is 23.5 Å². The number of nitrogens with one attached hydrogen (secondary N) is 2. The van der Waals surface area contributed by atoms with Crippen molar-refractivity contribution in [1.82, 2.24) is 40.7 Å². The van der Waals surface area contributed by atoms with Crippen LogP contribution < -0.4 is 4.90 Å². The summed E-state index contributed by atoms with van der Waals surface area (Å²) in [5.74, 6) is 1.04. The summed E-state index contributed by atoms with van der Waals surface area (Å²) < 4.78 is 38.5. The van der Waals surface area contributed by atoms with E-state index in [4.69, 9.17) is 0 Å². The maximum atomic E-state index is 12.8. The van der Waals surface area contributed by atoms with Crippen LogP contribution in [0.15, 0.2) is 55.0 Å². The highest BCUT2D eigenvalue weighted by molar-refractivity contribution is 5.61. The Morgan fingerprint density at radius 2 is 1.79 bits per heavy atom. The summed E-state index contributed by atoms with van der Waals surface area (Å²) in [4.78, 5) is 8.34. The molecule has 5 rings (SSSR count). The Balaban J connectivity index is 1.39. The van der Waals surface area contributed by atoms with Crippen LogP contribution in [0.1, 0.15) is 22.7 Å². The molecule has 4 heterocycles. The zero-order valence-electron chi connectivity index (χ0n) is 17.4. The first-order valence-electron chi connectivity index (χ1n) is 10.3. The van der Waals surface area contributed by atoms with E-state index in [0.717, 1.165) is 29.0 Å². The van der Waals surface area contributed by atoms with Crippen LogP contribution in [0, 0.1) is 0 Å². The molecule has 0 bridgehead atoms. The predicted octanol–water partition coefficient (Wildman–Crippen LogP) is 2.92. The van der Waals surface area contributed by atoms with E-state index in [1.54, 1.807) is 6.20 Å². The van der Waals surface area contributed by atoms with Gasteiger partial charge in [-0.25, -0.2) is 4.98 Å². The molecule has 4 aromatic rings. The fourth-order valence-electron chi connectivity index (χ4n) is 4.16. The van der Waals surface area contributed by atoms with Gasteiger partial charge in [-0.1, -0.05) is 24.3 Å². The Kier molecular flexibility index (Phi) is 5.50. The fourth-order valence-corrected chi connectivity index (χ4v) is 4.16. The van der Waals surface area contributed by atoms with E-state index in [9.17, 15) is 13.2 Å². The number of pyridine rings is 1. The lowest BCUT2D eigenvalue weighted by Gasteiger charge is -2.40. The van der Waals surface area contributed by atoms with Crippen LogP contribution >= 0.6 is 0 Å². The van der Waals surface area contributed by atoms with Gasteiger partial charge >= 0.3 is 6.18 Å². The van der Waals surface area contributed by atoms with Gasteiger partial charge < -0.3 is 4.90 Å². The molecule has 1 saturated heterocycles. The highest BCUT2D eigenvalue weighted by Crippen LogP contribution is 2.35. The molecule has 1 unspecified atom stereocenters. The Morgan fingerprint density at radius 3 is 2.42 bits per heavy atom. The monoisotopic (exact) mass is 455 g/mol. The minimum absolute atomic E-state index is 0.110. The number of H-pyrrole nitrogens is 2. The topological polar surface area (TPSA) is 103 Å². The maximum Gasteiger partial charge on any atom is 0.417 e. The van der Waals surface area contributed by atoms with E-state index in [0.29, 0.717) is 37.8 Å². The largest absolute Gasteiger partial charge is 0.417 e. The normalized spacial score (nSPS) is 16.2. The van der Waals surface area contributed by atoms with Crippen molar-refractivity contribution in [2.24, 2.45) is 0 Å². The van der Waals surface area contributed by atoms with E-state index < -0.39 is 11.7 Å². The van der Waals surface area contributed by atoms with E-state index in [1.165, 1.54) is 6.07 Å². The van der Waals surface area contributed by atoms with Gasteiger partial charge in [0.15, 0.2) is 0 Å². The summed E-state index contributed by atoms with van der Waals surface area (Å²) in [6.07, 6.45) is 0.147. The van der Waals surface area contributed by atoms with Gasteiger partial charge in [-0.3, -0.25) is 10.00 Å². The van der Waals surface area contributed by atoms with Gasteiger partial charge in [0.2, 0.25) is 5.82 Å². The third-order valence-corrected chi connectivity index (χ3v) is 5.76. The number of aromatic nitrogens is 7. The molecule has 1 aromatic carbocycles. The number of aromatic amines is 2. The predicted molar refractivity (Wildman–Crippen MR) is 113 cm³/mol. The first-order valence-corrected chi connectivity index (χ1v) is 10.3. The minimum Gasteiger partial charge on any atom is -0.354 e. The third kappa shape index (κ3) is 4.29. The lowest BCUT2D eigenvalue weighted by molar-refractivity contribution is -0.137. The highest BCUT2D eigenvalue weighted by Gasteiger charge is 2.32. The zero-order valence-corrected chi connectivity index (χ0v) is 17.4. The van der Waals surface area contributed by atoms with Gasteiger partial charge in [0.25, 0.3) is 0 Å². The number of rotatable bonds is 5. The average molecular weight is 455 g/mol. The molecule has 0 amide bonds. The summed E-state index contributed by atoms with van der Waals surface area (Å²) in [6, 6.07) is 10.3. The van der Waals surface area contributed by atoms with E-state index in [1.807, 2.05) is 35.4 Å². The minimum atomic E-state index is -4.39. The van der Waals surface area contributed by atoms with Crippen molar-refractivity contribution in [2.45, 2.75) is 12.2 Å². The molecule has 1 fully saturated rings. The van der Waals surface area contributed by atoms with Crippen LogP contribution in [0.4, 0.5) is 19.0 Å². The van der Waals surface area contributed by atoms with Crippen molar-refractivity contribution in [3.8, 4) is 11.4 Å². The standard InChI is InChI=1S/C21H20F3N9/c22-21(23,24)15-5-6-18(25-13-15)32-7-9-33(10-8-32)19(14-11-26-27-12-14)16-3-1-2-4-17(16)20-28-30-31-29-20/h1-6,11-13,19H,7-10H2,(H,26,27)(H,28,29,30,31). The van der Waals surface area contributed by atoms with Gasteiger partial charge in [0.05, 0.1) is 17.8 Å². The van der Waals surface area contributed by atoms with Crippen LogP contribution in [0.25, 0.3) is 11.4 Å².